The molecule has 2 fully saturated rings. The molecule has 3 aliphatic rings. The number of likely N-dealkylation sites (tertiary alicyclic amines) is 1. The van der Waals surface area contributed by atoms with E-state index in [1.807, 2.05) is 19.9 Å². The Hall–Kier alpha value is -2.12. The first-order valence-electron chi connectivity index (χ1n) is 12.4. The number of aromatic nitrogens is 1. The molecule has 1 aromatic heterocycles. The van der Waals surface area contributed by atoms with E-state index in [9.17, 15) is 9.90 Å². The van der Waals surface area contributed by atoms with Crippen molar-refractivity contribution in [3.63, 3.8) is 0 Å². The molecule has 0 amide bonds. The van der Waals surface area contributed by atoms with E-state index in [4.69, 9.17) is 21.1 Å². The second-order valence-corrected chi connectivity index (χ2v) is 11.8. The quantitative estimate of drug-likeness (QED) is 0.466. The summed E-state index contributed by atoms with van der Waals surface area (Å²) in [5, 5.41) is 10.3. The van der Waals surface area contributed by atoms with Gasteiger partial charge in [-0.15, -0.1) is 0 Å². The summed E-state index contributed by atoms with van der Waals surface area (Å²) in [6.07, 6.45) is 6.84. The summed E-state index contributed by atoms with van der Waals surface area (Å²) in [6.45, 7) is 12.0. The van der Waals surface area contributed by atoms with Crippen LogP contribution in [0.2, 0.25) is 5.02 Å². The minimum Gasteiger partial charge on any atom is -0.493 e. The maximum Gasteiger partial charge on any atom is 0.314 e. The molecule has 2 unspecified atom stereocenters. The van der Waals surface area contributed by atoms with Gasteiger partial charge in [0.15, 0.2) is 5.67 Å². The van der Waals surface area contributed by atoms with E-state index in [1.54, 1.807) is 33.0 Å². The van der Waals surface area contributed by atoms with Crippen molar-refractivity contribution in [2.75, 3.05) is 19.7 Å². The van der Waals surface area contributed by atoms with Crippen molar-refractivity contribution in [1.82, 2.24) is 9.88 Å². The summed E-state index contributed by atoms with van der Waals surface area (Å²) >= 11 is 6.31. The number of nitrogens with zero attached hydrogens (tertiary/aromatic N) is 2. The van der Waals surface area contributed by atoms with Crippen LogP contribution in [0.15, 0.2) is 35.7 Å². The van der Waals surface area contributed by atoms with Gasteiger partial charge in [0.25, 0.3) is 0 Å². The highest BCUT2D eigenvalue weighted by Gasteiger charge is 2.53. The topological polar surface area (TPSA) is 71.9 Å². The molecule has 4 rings (SSSR count). The number of alkyl halides is 1. The number of rotatable bonds is 9. The van der Waals surface area contributed by atoms with Crippen molar-refractivity contribution in [3.05, 3.63) is 46.3 Å². The summed E-state index contributed by atoms with van der Waals surface area (Å²) < 4.78 is 27.9. The van der Waals surface area contributed by atoms with Crippen molar-refractivity contribution in [3.8, 4) is 5.88 Å². The van der Waals surface area contributed by atoms with Crippen molar-refractivity contribution in [1.29, 1.82) is 0 Å². The zero-order valence-corrected chi connectivity index (χ0v) is 21.9. The Bertz CT molecular complexity index is 1020. The molecule has 0 aromatic carbocycles. The van der Waals surface area contributed by atoms with E-state index in [0.717, 1.165) is 43.6 Å². The smallest absolute Gasteiger partial charge is 0.314 e. The molecule has 192 valence electrons. The molecule has 35 heavy (non-hydrogen) atoms. The van der Waals surface area contributed by atoms with Gasteiger partial charge in [-0.1, -0.05) is 38.4 Å². The number of carboxylic acids is 1. The number of aliphatic carboxylic acids is 1. The third-order valence-corrected chi connectivity index (χ3v) is 7.25. The second kappa shape index (κ2) is 9.74. The first-order chi connectivity index (χ1) is 16.4. The Morgan fingerprint density at radius 1 is 1.34 bits per heavy atom. The van der Waals surface area contributed by atoms with Crippen LogP contribution >= 0.6 is 11.6 Å². The number of ether oxygens (including phenoxy) is 2. The maximum absolute atomic E-state index is 16.1. The number of halogens is 2. The molecule has 2 atom stereocenters. The minimum absolute atomic E-state index is 0.0116. The Morgan fingerprint density at radius 2 is 2.03 bits per heavy atom. The molecule has 0 spiro atoms. The summed E-state index contributed by atoms with van der Waals surface area (Å²) in [6, 6.07) is 1.89. The van der Waals surface area contributed by atoms with E-state index in [-0.39, 0.29) is 12.0 Å². The predicted octanol–water partition coefficient (Wildman–Crippen LogP) is 5.66. The van der Waals surface area contributed by atoms with Gasteiger partial charge in [-0.3, -0.25) is 9.69 Å². The van der Waals surface area contributed by atoms with Crippen LogP contribution in [-0.2, 0) is 16.1 Å². The van der Waals surface area contributed by atoms with Gasteiger partial charge in [0.1, 0.15) is 16.7 Å². The molecule has 2 heterocycles. The monoisotopic (exact) mass is 506 g/mol. The van der Waals surface area contributed by atoms with Gasteiger partial charge in [0, 0.05) is 37.2 Å². The van der Waals surface area contributed by atoms with Crippen LogP contribution in [0, 0.1) is 23.2 Å². The van der Waals surface area contributed by atoms with Crippen LogP contribution in [0.25, 0.3) is 0 Å². The molecule has 6 nitrogen and oxygen atoms in total. The lowest BCUT2D eigenvalue weighted by molar-refractivity contribution is -0.147. The Morgan fingerprint density at radius 3 is 2.57 bits per heavy atom. The van der Waals surface area contributed by atoms with E-state index >= 15 is 4.39 Å². The average Bonchev–Trinajstić information content (AvgIpc) is 3.55. The highest BCUT2D eigenvalue weighted by atomic mass is 35.5. The fourth-order valence-corrected chi connectivity index (χ4v) is 5.01. The molecule has 0 radical (unpaired) electrons. The van der Waals surface area contributed by atoms with E-state index < -0.39 is 23.0 Å². The Kier molecular flexibility index (Phi) is 7.22. The minimum atomic E-state index is -2.02. The lowest BCUT2D eigenvalue weighted by Crippen LogP contribution is -2.49. The zero-order chi connectivity index (χ0) is 25.5. The highest BCUT2D eigenvalue weighted by molar-refractivity contribution is 6.31. The third-order valence-electron chi connectivity index (χ3n) is 6.98. The lowest BCUT2D eigenvalue weighted by atomic mass is 9.67. The zero-order valence-electron chi connectivity index (χ0n) is 21.2. The van der Waals surface area contributed by atoms with Crippen LogP contribution in [0.4, 0.5) is 4.39 Å². The van der Waals surface area contributed by atoms with Gasteiger partial charge in [0.2, 0.25) is 5.88 Å². The molecule has 1 saturated carbocycles. The molecular formula is C27H36ClFN2O4. The van der Waals surface area contributed by atoms with Gasteiger partial charge in [-0.05, 0) is 55.9 Å². The summed E-state index contributed by atoms with van der Waals surface area (Å²) in [5.41, 5.74) is -1.02. The second-order valence-electron chi connectivity index (χ2n) is 11.4. The van der Waals surface area contributed by atoms with Crippen LogP contribution in [-0.4, -0.2) is 52.4 Å². The summed E-state index contributed by atoms with van der Waals surface area (Å²) in [4.78, 5) is 18.5. The number of hydrogen-bond donors (Lipinski definition) is 1. The van der Waals surface area contributed by atoms with Crippen molar-refractivity contribution >= 4 is 17.6 Å². The van der Waals surface area contributed by atoms with Gasteiger partial charge in [0.05, 0.1) is 12.7 Å². The number of allylic oxidation sites excluding steroid dienone is 2. The third kappa shape index (κ3) is 5.67. The van der Waals surface area contributed by atoms with E-state index in [0.29, 0.717) is 29.2 Å². The molecule has 1 saturated heterocycles. The molecular weight excluding hydrogens is 471 g/mol. The van der Waals surface area contributed by atoms with Gasteiger partial charge in [-0.25, -0.2) is 9.37 Å². The molecule has 1 N–H and O–H groups in total. The van der Waals surface area contributed by atoms with Crippen LogP contribution in [0.1, 0.15) is 53.0 Å². The number of carboxylic acid groups (broad SMARTS) is 1. The fraction of sp³-hybridized carbons (Fsp3) is 0.630. The van der Waals surface area contributed by atoms with E-state index in [1.165, 1.54) is 6.08 Å². The van der Waals surface area contributed by atoms with Crippen molar-refractivity contribution in [2.45, 2.75) is 65.8 Å². The summed E-state index contributed by atoms with van der Waals surface area (Å²) in [5.74, 6) is -0.775. The maximum atomic E-state index is 16.1. The van der Waals surface area contributed by atoms with Gasteiger partial charge < -0.3 is 14.6 Å². The highest BCUT2D eigenvalue weighted by Crippen LogP contribution is 2.51. The fourth-order valence-electron chi connectivity index (χ4n) is 4.78. The predicted molar refractivity (Wildman–Crippen MR) is 133 cm³/mol. The van der Waals surface area contributed by atoms with E-state index in [2.05, 4.69) is 9.88 Å². The van der Waals surface area contributed by atoms with Crippen LogP contribution < -0.4 is 4.74 Å². The standard InChI is InChI=1S/C27H36ClFN2O4/c1-16(2)35-24-22(28)8-17(11-30-24)12-31-13-18(14-31)15-34-23-10-27(29,26(3,4)5)21(25(32)33)9-20(23)19-6-7-19/h8-11,16,18-19,21H,6-7,12-15H2,1-5H3,(H,32,33). The molecule has 1 aliphatic heterocycles. The van der Waals surface area contributed by atoms with Gasteiger partial charge >= 0.3 is 5.97 Å². The van der Waals surface area contributed by atoms with Crippen LogP contribution in [0.3, 0.4) is 0 Å². The number of hydrogen-bond acceptors (Lipinski definition) is 5. The molecule has 1 aromatic rings. The molecule has 8 heteroatoms. The largest absolute Gasteiger partial charge is 0.493 e. The normalized spacial score (nSPS) is 25.7. The average molecular weight is 507 g/mol. The number of carbonyl (C=O) groups is 1. The molecule has 0 bridgehead atoms. The van der Waals surface area contributed by atoms with Crippen LogP contribution in [0.5, 0.6) is 5.88 Å². The number of pyridine rings is 1. The van der Waals surface area contributed by atoms with Crippen molar-refractivity contribution in [2.24, 2.45) is 23.2 Å². The Labute approximate surface area is 212 Å². The summed E-state index contributed by atoms with van der Waals surface area (Å²) in [7, 11) is 0. The van der Waals surface area contributed by atoms with Gasteiger partial charge in [-0.2, -0.15) is 0 Å². The molecule has 2 aliphatic carbocycles. The first-order valence-corrected chi connectivity index (χ1v) is 12.8. The lowest BCUT2D eigenvalue weighted by Gasteiger charge is -2.42. The van der Waals surface area contributed by atoms with Crippen molar-refractivity contribution < 1.29 is 23.8 Å². The first kappa shape index (κ1) is 26.0. The Balaban J connectivity index is 1.36. The SMILES string of the molecule is CC(C)Oc1ncc(CN2CC(COC3=CC(F)(C(C)(C)C)C(C(=O)O)C=C3C3CC3)C2)cc1Cl.